The van der Waals surface area contributed by atoms with Crippen LogP contribution in [0.25, 0.3) is 0 Å². The van der Waals surface area contributed by atoms with Crippen LogP contribution >= 0.6 is 7.82 Å². The molecule has 80 heavy (non-hydrogen) atoms. The molecule has 0 fully saturated rings. The third kappa shape index (κ3) is 19.2. The van der Waals surface area contributed by atoms with Crippen LogP contribution in [0.2, 0.25) is 0 Å². The molecule has 440 valence electrons. The van der Waals surface area contributed by atoms with Gasteiger partial charge in [0, 0.05) is 19.3 Å². The average molecular weight is 1120 g/mol. The lowest BCUT2D eigenvalue weighted by Gasteiger charge is -2.25. The van der Waals surface area contributed by atoms with Crippen molar-refractivity contribution in [2.45, 2.75) is 218 Å². The van der Waals surface area contributed by atoms with Crippen molar-refractivity contribution in [3.05, 3.63) is 173 Å². The van der Waals surface area contributed by atoms with E-state index in [9.17, 15) is 30.6 Å². The van der Waals surface area contributed by atoms with Crippen LogP contribution in [-0.4, -0.2) is 45.3 Å². The van der Waals surface area contributed by atoms with Crippen molar-refractivity contribution in [1.29, 1.82) is 0 Å². The molecular weight excluding hydrogens is 1020 g/mol. The topological polar surface area (TPSA) is 199 Å². The molecule has 0 aliphatic carbocycles. The van der Waals surface area contributed by atoms with Crippen LogP contribution in [0, 0.1) is 41.5 Å². The smallest absolute Gasteiger partial charge is 0.466 e. The predicted molar refractivity (Wildman–Crippen MR) is 332 cm³/mol. The first-order valence-corrected chi connectivity index (χ1v) is 29.2. The fourth-order valence-corrected chi connectivity index (χ4v) is 9.98. The largest absolute Gasteiger partial charge is 0.507 e. The summed E-state index contributed by atoms with van der Waals surface area (Å²) in [4.78, 5) is 21.6. The number of phenolic OH excluding ortho intramolecular Hbond substituents is 6. The van der Waals surface area contributed by atoms with E-state index in [1.807, 2.05) is 36.4 Å². The maximum absolute atomic E-state index is 10.8. The Kier molecular flexibility index (Phi) is 21.5. The molecule has 10 nitrogen and oxygen atoms in total. The van der Waals surface area contributed by atoms with E-state index in [1.54, 1.807) is 0 Å². The Morgan fingerprint density at radius 3 is 0.450 bits per heavy atom. The molecule has 0 atom stereocenters. The minimum Gasteiger partial charge on any atom is -0.507 e. The highest BCUT2D eigenvalue weighted by atomic mass is 31.2. The van der Waals surface area contributed by atoms with Gasteiger partial charge < -0.3 is 45.3 Å². The summed E-state index contributed by atoms with van der Waals surface area (Å²) in [7, 11) is -4.64. The SMILES string of the molecule is Cc1cc(Cc2cc(C)cc(C(C)(C)C)c2O)c(O)c(C(C)(C)C)c1.Cc1cc(Cc2cc(C)cc(C(C)(C)C)c2O)c(O)c(C(C)(C)C)c1.Cc1cc(Cc2cc(C)cc(C(C)(C)C)c2O)c(O)c(C(C)(C)C)c1.O=P(O)(O)O. The summed E-state index contributed by atoms with van der Waals surface area (Å²) in [5, 5.41) is 64.9. The molecule has 0 unspecified atom stereocenters. The number of phosphoric acid groups is 1. The number of rotatable bonds is 6. The highest BCUT2D eigenvalue weighted by molar-refractivity contribution is 7.45. The normalized spacial score (nSPS) is 12.4. The van der Waals surface area contributed by atoms with Gasteiger partial charge in [0.2, 0.25) is 0 Å². The summed E-state index contributed by atoms with van der Waals surface area (Å²) in [6, 6.07) is 24.4. The van der Waals surface area contributed by atoms with Gasteiger partial charge in [-0.15, -0.1) is 0 Å². The van der Waals surface area contributed by atoms with Gasteiger partial charge in [0.05, 0.1) is 0 Å². The zero-order valence-electron chi connectivity index (χ0n) is 52.9. The molecule has 0 saturated carbocycles. The number of phenols is 6. The highest BCUT2D eigenvalue weighted by Crippen LogP contribution is 2.43. The molecule has 0 aliphatic heterocycles. The first-order valence-electron chi connectivity index (χ1n) is 27.7. The lowest BCUT2D eigenvalue weighted by atomic mass is 9.81. The van der Waals surface area contributed by atoms with Gasteiger partial charge in [-0.3, -0.25) is 0 Å². The Morgan fingerprint density at radius 2 is 0.362 bits per heavy atom. The molecule has 6 rings (SSSR count). The Bertz CT molecular complexity index is 2670. The van der Waals surface area contributed by atoms with E-state index in [0.717, 1.165) is 100 Å². The lowest BCUT2D eigenvalue weighted by Crippen LogP contribution is -2.14. The van der Waals surface area contributed by atoms with Crippen molar-refractivity contribution in [2.75, 3.05) is 0 Å². The molecule has 6 aromatic carbocycles. The molecule has 0 aliphatic rings. The summed E-state index contributed by atoms with van der Waals surface area (Å²) < 4.78 is 8.88. The van der Waals surface area contributed by atoms with Crippen molar-refractivity contribution >= 4 is 7.82 Å². The van der Waals surface area contributed by atoms with Crippen molar-refractivity contribution in [1.82, 2.24) is 0 Å². The van der Waals surface area contributed by atoms with E-state index in [4.69, 9.17) is 19.2 Å². The molecule has 0 aromatic heterocycles. The Balaban J connectivity index is 0.000000302. The van der Waals surface area contributed by atoms with Crippen LogP contribution in [0.1, 0.15) is 225 Å². The number of aryl methyl sites for hydroxylation is 6. The zero-order valence-corrected chi connectivity index (χ0v) is 53.8. The molecule has 0 spiro atoms. The molecule has 0 bridgehead atoms. The van der Waals surface area contributed by atoms with Crippen LogP contribution in [0.15, 0.2) is 72.8 Å². The third-order valence-corrected chi connectivity index (χ3v) is 14.0. The van der Waals surface area contributed by atoms with E-state index in [1.165, 1.54) is 0 Å². The van der Waals surface area contributed by atoms with Gasteiger partial charge in [0.15, 0.2) is 0 Å². The molecule has 9 N–H and O–H groups in total. The monoisotopic (exact) mass is 1120 g/mol. The fourth-order valence-electron chi connectivity index (χ4n) is 9.98. The van der Waals surface area contributed by atoms with Crippen molar-refractivity contribution in [3.63, 3.8) is 0 Å². The van der Waals surface area contributed by atoms with Gasteiger partial charge in [-0.2, -0.15) is 0 Å². The van der Waals surface area contributed by atoms with E-state index in [-0.39, 0.29) is 32.5 Å². The van der Waals surface area contributed by atoms with Crippen LogP contribution in [0.4, 0.5) is 0 Å². The number of hydrogen-bond donors (Lipinski definition) is 9. The van der Waals surface area contributed by atoms with Gasteiger partial charge in [0.1, 0.15) is 34.5 Å². The van der Waals surface area contributed by atoms with Crippen molar-refractivity contribution in [3.8, 4) is 34.5 Å². The number of aromatic hydroxyl groups is 6. The van der Waals surface area contributed by atoms with Crippen molar-refractivity contribution < 1.29 is 49.9 Å². The van der Waals surface area contributed by atoms with Gasteiger partial charge in [-0.05, 0) is 141 Å². The van der Waals surface area contributed by atoms with Gasteiger partial charge in [-0.1, -0.05) is 231 Å². The second kappa shape index (κ2) is 25.2. The van der Waals surface area contributed by atoms with Crippen LogP contribution in [-0.2, 0) is 56.3 Å². The predicted octanol–water partition coefficient (Wildman–Crippen LogP) is 16.8. The Labute approximate surface area is 480 Å². The van der Waals surface area contributed by atoms with Gasteiger partial charge in [-0.25, -0.2) is 4.57 Å². The molecule has 11 heteroatoms. The maximum atomic E-state index is 10.8. The lowest BCUT2D eigenvalue weighted by molar-refractivity contribution is 0.275. The van der Waals surface area contributed by atoms with E-state index in [0.29, 0.717) is 53.8 Å². The first-order chi connectivity index (χ1) is 35.9. The summed E-state index contributed by atoms with van der Waals surface area (Å²) in [5.41, 5.74) is 16.9. The second-order valence-electron chi connectivity index (χ2n) is 28.5. The minimum atomic E-state index is -4.64. The standard InChI is InChI=1S/3C23H32O2.H3O4P/c3*1-14-9-16(20(24)18(11-14)22(3,4)5)13-17-10-15(2)12-19(21(17)25)23(6,7)8;1-5(2,3)4/h3*9-12,24-25H,13H2,1-8H3;(H3,1,2,3,4). The summed E-state index contributed by atoms with van der Waals surface area (Å²) in [6.45, 7) is 50.2. The van der Waals surface area contributed by atoms with E-state index < -0.39 is 7.82 Å². The van der Waals surface area contributed by atoms with E-state index in [2.05, 4.69) is 203 Å². The van der Waals surface area contributed by atoms with Crippen LogP contribution < -0.4 is 0 Å². The molecule has 6 aromatic rings. The zero-order chi connectivity index (χ0) is 62.0. The fraction of sp³-hybridized carbons (Fsp3) is 0.478. The number of hydrogen-bond acceptors (Lipinski definition) is 7. The molecular formula is C69H99O10P. The van der Waals surface area contributed by atoms with Crippen LogP contribution in [0.3, 0.4) is 0 Å². The second-order valence-corrected chi connectivity index (χ2v) is 29.5. The minimum absolute atomic E-state index is 0.129. The van der Waals surface area contributed by atoms with Gasteiger partial charge in [0.25, 0.3) is 0 Å². The quantitative estimate of drug-likeness (QED) is 0.0723. The van der Waals surface area contributed by atoms with E-state index >= 15 is 0 Å². The maximum Gasteiger partial charge on any atom is 0.466 e. The number of benzene rings is 6. The van der Waals surface area contributed by atoms with Gasteiger partial charge >= 0.3 is 7.82 Å². The highest BCUT2D eigenvalue weighted by Gasteiger charge is 2.28. The summed E-state index contributed by atoms with van der Waals surface area (Å²) >= 11 is 0. The Morgan fingerprint density at radius 1 is 0.263 bits per heavy atom. The average Bonchev–Trinajstić information content (AvgIpc) is 3.25. The summed E-state index contributed by atoms with van der Waals surface area (Å²) in [6.07, 6.45) is 1.56. The first kappa shape index (κ1) is 68.5. The summed E-state index contributed by atoms with van der Waals surface area (Å²) in [5.74, 6) is 2.06. The van der Waals surface area contributed by atoms with Crippen molar-refractivity contribution in [2.24, 2.45) is 0 Å². The molecule has 0 amide bonds. The third-order valence-electron chi connectivity index (χ3n) is 14.0. The van der Waals surface area contributed by atoms with Crippen LogP contribution in [0.5, 0.6) is 34.5 Å². The molecule has 0 heterocycles. The molecule has 0 saturated heterocycles. The Hall–Kier alpha value is -5.77. The molecule has 0 radical (unpaired) electrons.